The lowest BCUT2D eigenvalue weighted by Crippen LogP contribution is -2.34. The van der Waals surface area contributed by atoms with Crippen LogP contribution in [0.4, 0.5) is 0 Å². The van der Waals surface area contributed by atoms with Crippen molar-refractivity contribution in [1.29, 1.82) is 0 Å². The lowest BCUT2D eigenvalue weighted by Gasteiger charge is -2.11. The lowest BCUT2D eigenvalue weighted by molar-refractivity contribution is -0.120. The van der Waals surface area contributed by atoms with Gasteiger partial charge in [0, 0.05) is 11.1 Å². The molecule has 0 bridgehead atoms. The second-order valence-electron chi connectivity index (χ2n) is 7.09. The first kappa shape index (κ1) is 21.2. The van der Waals surface area contributed by atoms with Crippen LogP contribution in [0.2, 0.25) is 0 Å². The molecule has 0 atom stereocenters. The molecule has 0 aromatic heterocycles. The Morgan fingerprint density at radius 1 is 1.09 bits per heavy atom. The summed E-state index contributed by atoms with van der Waals surface area (Å²) in [6.07, 6.45) is 2.44. The van der Waals surface area contributed by atoms with E-state index in [9.17, 15) is 9.59 Å². The molecule has 2 N–H and O–H groups in total. The minimum absolute atomic E-state index is 0.128. The van der Waals surface area contributed by atoms with Gasteiger partial charge in [-0.1, -0.05) is 37.3 Å². The summed E-state index contributed by atoms with van der Waals surface area (Å²) < 4.78 is 16.3. The molecule has 8 heteroatoms. The van der Waals surface area contributed by atoms with Crippen molar-refractivity contribution < 1.29 is 23.8 Å². The molecule has 4 rings (SSSR count). The molecule has 8 nitrogen and oxygen atoms in total. The van der Waals surface area contributed by atoms with Crippen molar-refractivity contribution in [2.75, 3.05) is 19.9 Å². The van der Waals surface area contributed by atoms with Crippen LogP contribution in [0.3, 0.4) is 0 Å². The van der Waals surface area contributed by atoms with Gasteiger partial charge in [-0.05, 0) is 41.5 Å². The molecule has 1 heterocycles. The summed E-state index contributed by atoms with van der Waals surface area (Å²) in [7, 11) is 0. The summed E-state index contributed by atoms with van der Waals surface area (Å²) in [5.74, 6) is 0.935. The number of benzene rings is 3. The highest BCUT2D eigenvalue weighted by molar-refractivity contribution is 6.03. The normalized spacial score (nSPS) is 12.2. The van der Waals surface area contributed by atoms with Crippen molar-refractivity contribution in [3.63, 3.8) is 0 Å². The van der Waals surface area contributed by atoms with Crippen molar-refractivity contribution >= 4 is 28.8 Å². The number of nitrogens with zero attached hydrogens (tertiary/aromatic N) is 1. The molecule has 0 unspecified atom stereocenters. The molecule has 0 saturated heterocycles. The highest BCUT2D eigenvalue weighted by Crippen LogP contribution is 2.32. The van der Waals surface area contributed by atoms with E-state index in [-0.39, 0.29) is 13.3 Å². The Morgan fingerprint density at radius 3 is 2.81 bits per heavy atom. The Balaban J connectivity index is 1.38. The Kier molecular flexibility index (Phi) is 6.50. The number of carbonyl (C=O) groups excluding carboxylic acids is 2. The molecule has 1 aliphatic rings. The molecule has 32 heavy (non-hydrogen) atoms. The first-order valence-corrected chi connectivity index (χ1v) is 10.3. The van der Waals surface area contributed by atoms with Crippen molar-refractivity contribution in [3.05, 3.63) is 65.7 Å². The van der Waals surface area contributed by atoms with E-state index in [0.29, 0.717) is 29.4 Å². The van der Waals surface area contributed by atoms with E-state index in [1.807, 2.05) is 43.3 Å². The van der Waals surface area contributed by atoms with Crippen LogP contribution >= 0.6 is 0 Å². The van der Waals surface area contributed by atoms with Crippen LogP contribution in [-0.4, -0.2) is 38.0 Å². The number of fused-ring (bicyclic) bond motifs is 2. The van der Waals surface area contributed by atoms with E-state index in [1.165, 1.54) is 0 Å². The molecule has 0 fully saturated rings. The van der Waals surface area contributed by atoms with Gasteiger partial charge in [0.05, 0.1) is 19.4 Å². The molecular formula is C24H23N3O5. The number of hydrogen-bond acceptors (Lipinski definition) is 6. The van der Waals surface area contributed by atoms with Crippen LogP contribution in [-0.2, 0) is 4.79 Å². The topological polar surface area (TPSA) is 98.2 Å². The fourth-order valence-corrected chi connectivity index (χ4v) is 3.26. The molecule has 3 aromatic carbocycles. The molecule has 1 aliphatic heterocycles. The summed E-state index contributed by atoms with van der Waals surface area (Å²) in [4.78, 5) is 24.5. The van der Waals surface area contributed by atoms with Crippen LogP contribution in [0.5, 0.6) is 17.2 Å². The van der Waals surface area contributed by atoms with E-state index in [4.69, 9.17) is 14.2 Å². The van der Waals surface area contributed by atoms with Gasteiger partial charge in [-0.15, -0.1) is 0 Å². The van der Waals surface area contributed by atoms with Gasteiger partial charge in [0.25, 0.3) is 11.8 Å². The third-order valence-electron chi connectivity index (χ3n) is 4.82. The van der Waals surface area contributed by atoms with Crippen molar-refractivity contribution in [1.82, 2.24) is 10.7 Å². The summed E-state index contributed by atoms with van der Waals surface area (Å²) in [5.41, 5.74) is 3.60. The number of amides is 2. The monoisotopic (exact) mass is 433 g/mol. The average molecular weight is 433 g/mol. The predicted molar refractivity (Wildman–Crippen MR) is 120 cm³/mol. The van der Waals surface area contributed by atoms with Crippen LogP contribution in [0.25, 0.3) is 10.8 Å². The molecule has 0 aliphatic carbocycles. The molecule has 164 valence electrons. The summed E-state index contributed by atoms with van der Waals surface area (Å²) in [6.45, 7) is 2.52. The van der Waals surface area contributed by atoms with Gasteiger partial charge in [-0.2, -0.15) is 5.10 Å². The maximum atomic E-state index is 12.3. The zero-order valence-electron chi connectivity index (χ0n) is 17.6. The summed E-state index contributed by atoms with van der Waals surface area (Å²) in [6, 6.07) is 16.6. The van der Waals surface area contributed by atoms with Crippen LogP contribution in [0, 0.1) is 0 Å². The Labute approximate surface area is 185 Å². The van der Waals surface area contributed by atoms with Crippen molar-refractivity contribution in [2.45, 2.75) is 13.3 Å². The summed E-state index contributed by atoms with van der Waals surface area (Å²) in [5, 5.41) is 8.64. The highest BCUT2D eigenvalue weighted by atomic mass is 16.7. The smallest absolute Gasteiger partial charge is 0.259 e. The second-order valence-corrected chi connectivity index (χ2v) is 7.09. The molecule has 2 amide bonds. The quantitative estimate of drug-likeness (QED) is 0.420. The van der Waals surface area contributed by atoms with E-state index < -0.39 is 11.8 Å². The van der Waals surface area contributed by atoms with Crippen molar-refractivity contribution in [3.8, 4) is 17.2 Å². The van der Waals surface area contributed by atoms with Crippen LogP contribution in [0.15, 0.2) is 59.7 Å². The lowest BCUT2D eigenvalue weighted by atomic mass is 10.0. The van der Waals surface area contributed by atoms with Gasteiger partial charge in [0.15, 0.2) is 11.5 Å². The highest BCUT2D eigenvalue weighted by Gasteiger charge is 2.16. The maximum Gasteiger partial charge on any atom is 0.259 e. The molecule has 3 aromatic rings. The van der Waals surface area contributed by atoms with Gasteiger partial charge in [-0.25, -0.2) is 5.43 Å². The standard InChI is InChI=1S/C24H23N3O5/c1-2-11-30-20-9-7-16-5-3-4-6-18(16)19(20)13-26-27-23(28)14-25-24(29)17-8-10-21-22(12-17)32-15-31-21/h3-10,12-13H,2,11,14-15H2,1H3,(H,25,29)(H,27,28)/b26-13-. The SMILES string of the molecule is CCCOc1ccc2ccccc2c1/C=N\NC(=O)CNC(=O)c1ccc2c(c1)OCO2. The fourth-order valence-electron chi connectivity index (χ4n) is 3.26. The minimum Gasteiger partial charge on any atom is -0.493 e. The van der Waals surface area contributed by atoms with Gasteiger partial charge in [0.2, 0.25) is 6.79 Å². The number of rotatable bonds is 8. The van der Waals surface area contributed by atoms with Gasteiger partial charge < -0.3 is 19.5 Å². The summed E-state index contributed by atoms with van der Waals surface area (Å²) >= 11 is 0. The third-order valence-corrected chi connectivity index (χ3v) is 4.82. The van der Waals surface area contributed by atoms with E-state index in [1.54, 1.807) is 24.4 Å². The average Bonchev–Trinajstić information content (AvgIpc) is 3.29. The van der Waals surface area contributed by atoms with Crippen molar-refractivity contribution in [2.24, 2.45) is 5.10 Å². The number of ether oxygens (including phenoxy) is 3. The predicted octanol–water partition coefficient (Wildman–Crippen LogP) is 3.24. The Bertz CT molecular complexity index is 1180. The van der Waals surface area contributed by atoms with Crippen LogP contribution < -0.4 is 25.0 Å². The van der Waals surface area contributed by atoms with Gasteiger partial charge in [-0.3, -0.25) is 9.59 Å². The second kappa shape index (κ2) is 9.82. The fraction of sp³-hybridized carbons (Fsp3) is 0.208. The zero-order valence-corrected chi connectivity index (χ0v) is 17.6. The molecular weight excluding hydrogens is 410 g/mol. The first-order valence-electron chi connectivity index (χ1n) is 10.3. The minimum atomic E-state index is -0.452. The Morgan fingerprint density at radius 2 is 1.94 bits per heavy atom. The van der Waals surface area contributed by atoms with E-state index in [0.717, 1.165) is 22.8 Å². The maximum absolute atomic E-state index is 12.3. The number of carbonyl (C=O) groups is 2. The number of hydrogen-bond donors (Lipinski definition) is 2. The van der Waals surface area contributed by atoms with Crippen LogP contribution in [0.1, 0.15) is 29.3 Å². The van der Waals surface area contributed by atoms with Gasteiger partial charge in [0.1, 0.15) is 5.75 Å². The third kappa shape index (κ3) is 4.80. The first-order chi connectivity index (χ1) is 15.7. The largest absolute Gasteiger partial charge is 0.493 e. The van der Waals surface area contributed by atoms with E-state index in [2.05, 4.69) is 15.8 Å². The van der Waals surface area contributed by atoms with Gasteiger partial charge >= 0.3 is 0 Å². The van der Waals surface area contributed by atoms with E-state index >= 15 is 0 Å². The molecule has 0 spiro atoms. The molecule has 0 saturated carbocycles. The number of nitrogens with one attached hydrogen (secondary N) is 2. The molecule has 0 radical (unpaired) electrons. The zero-order chi connectivity index (χ0) is 22.3. The number of hydrazone groups is 1. The Hall–Kier alpha value is -4.07.